The number of para-hydroxylation sites is 1. The van der Waals surface area contributed by atoms with Crippen molar-refractivity contribution < 1.29 is 21.8 Å². The number of nitrogens with one attached hydrogen (secondary N) is 1. The van der Waals surface area contributed by atoms with Crippen LogP contribution in [-0.4, -0.2) is 39.3 Å². The first-order valence-electron chi connectivity index (χ1n) is 5.88. The second kappa shape index (κ2) is 5.24. The van der Waals surface area contributed by atoms with Gasteiger partial charge in [-0.2, -0.15) is 0 Å². The molecule has 1 aliphatic rings. The van der Waals surface area contributed by atoms with Gasteiger partial charge in [-0.3, -0.25) is 10.1 Å². The molecular weight excluding hydrogens is 322 g/mol. The molecule has 0 bridgehead atoms. The van der Waals surface area contributed by atoms with Crippen LogP contribution in [0, 0.1) is 10.1 Å². The van der Waals surface area contributed by atoms with E-state index in [0.717, 1.165) is 6.07 Å². The van der Waals surface area contributed by atoms with Crippen LogP contribution in [0.2, 0.25) is 0 Å². The van der Waals surface area contributed by atoms with Gasteiger partial charge in [0.05, 0.1) is 16.4 Å². The zero-order valence-corrected chi connectivity index (χ0v) is 12.4. The Balaban J connectivity index is 2.37. The molecule has 0 amide bonds. The van der Waals surface area contributed by atoms with E-state index in [0.29, 0.717) is 0 Å². The van der Waals surface area contributed by atoms with Gasteiger partial charge >= 0.3 is 5.69 Å². The van der Waals surface area contributed by atoms with Crippen LogP contribution >= 0.6 is 0 Å². The molecule has 0 saturated carbocycles. The van der Waals surface area contributed by atoms with E-state index in [2.05, 4.69) is 4.72 Å². The van der Waals surface area contributed by atoms with Gasteiger partial charge in [-0.15, -0.1) is 0 Å². The van der Waals surface area contributed by atoms with Crippen molar-refractivity contribution in [3.8, 4) is 0 Å². The number of rotatable bonds is 4. The molecule has 1 saturated heterocycles. The second-order valence-electron chi connectivity index (χ2n) is 4.67. The third-order valence-corrected chi connectivity index (χ3v) is 6.38. The molecule has 9 nitrogen and oxygen atoms in total. The summed E-state index contributed by atoms with van der Waals surface area (Å²) in [6, 6.07) is 2.76. The molecule has 1 unspecified atom stereocenters. The summed E-state index contributed by atoms with van der Waals surface area (Å²) in [5, 5.41) is 11.0. The van der Waals surface area contributed by atoms with Crippen LogP contribution in [0.15, 0.2) is 23.1 Å². The fraction of sp³-hybridized carbons (Fsp3) is 0.400. The Morgan fingerprint density at radius 1 is 1.38 bits per heavy atom. The summed E-state index contributed by atoms with van der Waals surface area (Å²) in [4.78, 5) is 9.51. The van der Waals surface area contributed by atoms with Gasteiger partial charge in [0.15, 0.2) is 14.7 Å². The minimum atomic E-state index is -4.23. The molecule has 1 aliphatic heterocycles. The first-order chi connectivity index (χ1) is 9.62. The average Bonchev–Trinajstić information content (AvgIpc) is 2.67. The SMILES string of the molecule is Nc1cccc(S(=O)(=O)NC2CCS(=O)(=O)C2)c1[N+](=O)[O-]. The molecule has 1 heterocycles. The number of sulfone groups is 1. The first-order valence-corrected chi connectivity index (χ1v) is 9.18. The van der Waals surface area contributed by atoms with Crippen LogP contribution < -0.4 is 10.5 Å². The van der Waals surface area contributed by atoms with E-state index >= 15 is 0 Å². The topological polar surface area (TPSA) is 149 Å². The second-order valence-corrected chi connectivity index (χ2v) is 8.58. The Kier molecular flexibility index (Phi) is 3.91. The smallest absolute Gasteiger partial charge is 0.312 e. The van der Waals surface area contributed by atoms with E-state index < -0.39 is 41.4 Å². The van der Waals surface area contributed by atoms with E-state index in [1.807, 2.05) is 0 Å². The van der Waals surface area contributed by atoms with Crippen molar-refractivity contribution in [2.45, 2.75) is 17.4 Å². The largest absolute Gasteiger partial charge is 0.393 e. The number of sulfonamides is 1. The molecule has 2 rings (SSSR count). The van der Waals surface area contributed by atoms with Gasteiger partial charge in [0.25, 0.3) is 0 Å². The van der Waals surface area contributed by atoms with Gasteiger partial charge in [0.2, 0.25) is 10.0 Å². The maximum Gasteiger partial charge on any atom is 0.312 e. The number of benzene rings is 1. The number of nitrogens with zero attached hydrogens (tertiary/aromatic N) is 1. The van der Waals surface area contributed by atoms with Crippen LogP contribution in [0.1, 0.15) is 6.42 Å². The lowest BCUT2D eigenvalue weighted by Gasteiger charge is -2.12. The highest BCUT2D eigenvalue weighted by Crippen LogP contribution is 2.30. The summed E-state index contributed by atoms with van der Waals surface area (Å²) in [7, 11) is -7.50. The third kappa shape index (κ3) is 3.31. The summed E-state index contributed by atoms with van der Waals surface area (Å²) in [5.41, 5.74) is 4.45. The lowest BCUT2D eigenvalue weighted by Crippen LogP contribution is -2.35. The first kappa shape index (κ1) is 15.7. The molecular formula is C10H13N3O6S2. The standard InChI is InChI=1S/C10H13N3O6S2/c11-8-2-1-3-9(10(8)13(14)15)21(18,19)12-7-4-5-20(16,17)6-7/h1-3,7,12H,4-6,11H2. The maximum atomic E-state index is 12.2. The summed E-state index contributed by atoms with van der Waals surface area (Å²) < 4.78 is 49.3. The monoisotopic (exact) mass is 335 g/mol. The fourth-order valence-corrected chi connectivity index (χ4v) is 5.37. The van der Waals surface area contributed by atoms with Crippen molar-refractivity contribution in [3.05, 3.63) is 28.3 Å². The molecule has 11 heteroatoms. The highest BCUT2D eigenvalue weighted by Gasteiger charge is 2.34. The molecule has 0 aliphatic carbocycles. The molecule has 0 spiro atoms. The predicted octanol–water partition coefficient (Wildman–Crippen LogP) is -0.358. The van der Waals surface area contributed by atoms with E-state index in [1.54, 1.807) is 0 Å². The number of hydrogen-bond acceptors (Lipinski definition) is 7. The van der Waals surface area contributed by atoms with Gasteiger partial charge in [-0.25, -0.2) is 21.6 Å². The predicted molar refractivity (Wildman–Crippen MR) is 74.9 cm³/mol. The van der Waals surface area contributed by atoms with E-state index in [9.17, 15) is 26.9 Å². The van der Waals surface area contributed by atoms with Crippen LogP contribution in [0.25, 0.3) is 0 Å². The van der Waals surface area contributed by atoms with E-state index in [4.69, 9.17) is 5.73 Å². The van der Waals surface area contributed by atoms with Gasteiger partial charge in [-0.1, -0.05) is 6.07 Å². The Morgan fingerprint density at radius 3 is 2.57 bits per heavy atom. The van der Waals surface area contributed by atoms with Crippen molar-refractivity contribution >= 4 is 31.2 Å². The summed E-state index contributed by atoms with van der Waals surface area (Å²) in [5.74, 6) is -0.429. The van der Waals surface area contributed by atoms with Crippen molar-refractivity contribution in [1.82, 2.24) is 4.72 Å². The minimum absolute atomic E-state index is 0.112. The van der Waals surface area contributed by atoms with E-state index in [-0.39, 0.29) is 23.6 Å². The normalized spacial score (nSPS) is 21.2. The molecule has 116 valence electrons. The molecule has 1 atom stereocenters. The summed E-state index contributed by atoms with van der Waals surface area (Å²) >= 11 is 0. The Labute approximate surface area is 121 Å². The lowest BCUT2D eigenvalue weighted by molar-refractivity contribution is -0.386. The van der Waals surface area contributed by atoms with Gasteiger partial charge in [0.1, 0.15) is 5.69 Å². The third-order valence-electron chi connectivity index (χ3n) is 3.06. The fourth-order valence-electron chi connectivity index (χ4n) is 2.12. The number of nitro groups is 1. The van der Waals surface area contributed by atoms with Crippen LogP contribution in [-0.2, 0) is 19.9 Å². The zero-order chi connectivity index (χ0) is 15.8. The summed E-state index contributed by atoms with van der Waals surface area (Å²) in [6.45, 7) is 0. The van der Waals surface area contributed by atoms with Crippen LogP contribution in [0.5, 0.6) is 0 Å². The Hall–Kier alpha value is -1.72. The Morgan fingerprint density at radius 2 is 2.05 bits per heavy atom. The van der Waals surface area contributed by atoms with E-state index in [1.165, 1.54) is 12.1 Å². The lowest BCUT2D eigenvalue weighted by atomic mass is 10.3. The minimum Gasteiger partial charge on any atom is -0.393 e. The van der Waals surface area contributed by atoms with Gasteiger partial charge in [0, 0.05) is 6.04 Å². The van der Waals surface area contributed by atoms with Crippen molar-refractivity contribution in [3.63, 3.8) is 0 Å². The van der Waals surface area contributed by atoms with Crippen molar-refractivity contribution in [2.75, 3.05) is 17.2 Å². The highest BCUT2D eigenvalue weighted by atomic mass is 32.2. The molecule has 1 fully saturated rings. The number of nitro benzene ring substituents is 1. The maximum absolute atomic E-state index is 12.2. The van der Waals surface area contributed by atoms with Crippen LogP contribution in [0.4, 0.5) is 11.4 Å². The molecule has 1 aromatic rings. The number of anilines is 1. The van der Waals surface area contributed by atoms with Gasteiger partial charge in [-0.05, 0) is 18.6 Å². The quantitative estimate of drug-likeness (QED) is 0.433. The number of hydrogen-bond donors (Lipinski definition) is 2. The zero-order valence-electron chi connectivity index (χ0n) is 10.7. The molecule has 0 radical (unpaired) electrons. The number of nitrogen functional groups attached to an aromatic ring is 1. The molecule has 0 aromatic heterocycles. The average molecular weight is 335 g/mol. The Bertz CT molecular complexity index is 787. The highest BCUT2D eigenvalue weighted by molar-refractivity contribution is 7.92. The summed E-state index contributed by atoms with van der Waals surface area (Å²) in [6.07, 6.45) is 0.137. The van der Waals surface area contributed by atoms with Crippen molar-refractivity contribution in [1.29, 1.82) is 0 Å². The molecule has 21 heavy (non-hydrogen) atoms. The van der Waals surface area contributed by atoms with Gasteiger partial charge < -0.3 is 5.73 Å². The van der Waals surface area contributed by atoms with Crippen LogP contribution in [0.3, 0.4) is 0 Å². The number of nitrogens with two attached hydrogens (primary N) is 1. The molecule has 1 aromatic carbocycles. The van der Waals surface area contributed by atoms with Crippen molar-refractivity contribution in [2.24, 2.45) is 0 Å². The molecule has 3 N–H and O–H groups in total.